The molecule has 10 heteroatoms. The van der Waals surface area contributed by atoms with Crippen molar-refractivity contribution in [2.75, 3.05) is 11.4 Å². The van der Waals surface area contributed by atoms with Crippen LogP contribution in [0, 0.1) is 0 Å². The summed E-state index contributed by atoms with van der Waals surface area (Å²) >= 11 is 0. The van der Waals surface area contributed by atoms with Crippen molar-refractivity contribution in [2.45, 2.75) is 93.5 Å². The summed E-state index contributed by atoms with van der Waals surface area (Å²) in [5.74, 6) is 0.634. The van der Waals surface area contributed by atoms with Crippen molar-refractivity contribution in [3.63, 3.8) is 0 Å². The number of hydrogen-bond donors (Lipinski definition) is 2. The second kappa shape index (κ2) is 10.9. The molecule has 1 saturated carbocycles. The predicted molar refractivity (Wildman–Crippen MR) is 156 cm³/mol. The number of amides is 3. The lowest BCUT2D eigenvalue weighted by atomic mass is 9.81. The summed E-state index contributed by atoms with van der Waals surface area (Å²) in [6, 6.07) is 13.9. The molecule has 2 aliphatic heterocycles. The first kappa shape index (κ1) is 28.1. The van der Waals surface area contributed by atoms with Crippen LogP contribution in [0.1, 0.15) is 65.7 Å². The molecular formula is C30H38N4O5S. The molecule has 5 rings (SSSR count). The van der Waals surface area contributed by atoms with Crippen molar-refractivity contribution in [2.24, 2.45) is 4.99 Å². The number of sulfone groups is 1. The topological polar surface area (TPSA) is 119 Å². The zero-order valence-corrected chi connectivity index (χ0v) is 24.2. The largest absolute Gasteiger partial charge is 0.465 e. The van der Waals surface area contributed by atoms with Crippen LogP contribution in [0.3, 0.4) is 0 Å². The summed E-state index contributed by atoms with van der Waals surface area (Å²) in [6.07, 6.45) is 5.26. The van der Waals surface area contributed by atoms with Crippen LogP contribution in [0.5, 0.6) is 0 Å². The lowest BCUT2D eigenvalue weighted by Gasteiger charge is -2.46. The van der Waals surface area contributed by atoms with Crippen molar-refractivity contribution in [1.82, 2.24) is 10.2 Å². The molecule has 2 heterocycles. The quantitative estimate of drug-likeness (QED) is 0.481. The fourth-order valence-electron chi connectivity index (χ4n) is 6.40. The Hall–Kier alpha value is -3.40. The normalized spacial score (nSPS) is 25.1. The molecule has 2 saturated heterocycles. The van der Waals surface area contributed by atoms with Crippen LogP contribution in [0.15, 0.2) is 58.4 Å². The van der Waals surface area contributed by atoms with Gasteiger partial charge in [0.25, 0.3) is 0 Å². The van der Waals surface area contributed by atoms with Crippen molar-refractivity contribution in [3.8, 4) is 11.1 Å². The highest BCUT2D eigenvalue weighted by molar-refractivity contribution is 7.92. The van der Waals surface area contributed by atoms with E-state index in [0.717, 1.165) is 36.8 Å². The molecule has 0 radical (unpaired) electrons. The minimum atomic E-state index is -3.42. The number of amidine groups is 1. The van der Waals surface area contributed by atoms with Gasteiger partial charge in [-0.05, 0) is 70.2 Å². The van der Waals surface area contributed by atoms with E-state index in [-0.39, 0.29) is 29.6 Å². The van der Waals surface area contributed by atoms with E-state index in [1.165, 1.54) is 11.3 Å². The SMILES string of the molecule is CC(C)S(=O)(=O)c1ccc(-c2ccccc2N2C(=O)NC(=NC3CCCCC3)[C@]23CCN(C(=O)O)[C@@H](C)C3)cc1. The number of carboxylic acid groups (broad SMARTS) is 1. The fraction of sp³-hybridized carbons (Fsp3) is 0.500. The van der Waals surface area contributed by atoms with E-state index in [2.05, 4.69) is 5.32 Å². The Morgan fingerprint density at radius 1 is 1.07 bits per heavy atom. The zero-order valence-electron chi connectivity index (χ0n) is 23.3. The fourth-order valence-corrected chi connectivity index (χ4v) is 7.46. The van der Waals surface area contributed by atoms with Crippen LogP contribution in [-0.4, -0.2) is 65.8 Å². The minimum absolute atomic E-state index is 0.138. The van der Waals surface area contributed by atoms with Gasteiger partial charge in [-0.1, -0.05) is 49.6 Å². The molecular weight excluding hydrogens is 528 g/mol. The summed E-state index contributed by atoms with van der Waals surface area (Å²) < 4.78 is 25.4. The van der Waals surface area contributed by atoms with Gasteiger partial charge in [0.15, 0.2) is 9.84 Å². The molecule has 1 spiro atoms. The summed E-state index contributed by atoms with van der Waals surface area (Å²) in [6.45, 7) is 5.49. The Morgan fingerprint density at radius 2 is 1.75 bits per heavy atom. The molecule has 3 amide bonds. The van der Waals surface area contributed by atoms with Gasteiger partial charge in [0.05, 0.1) is 21.9 Å². The van der Waals surface area contributed by atoms with Crippen LogP contribution < -0.4 is 10.2 Å². The van der Waals surface area contributed by atoms with Gasteiger partial charge in [0.2, 0.25) is 0 Å². The van der Waals surface area contributed by atoms with E-state index in [9.17, 15) is 23.1 Å². The van der Waals surface area contributed by atoms with Gasteiger partial charge in [-0.25, -0.2) is 18.0 Å². The minimum Gasteiger partial charge on any atom is -0.465 e. The van der Waals surface area contributed by atoms with Gasteiger partial charge in [-0.2, -0.15) is 0 Å². The summed E-state index contributed by atoms with van der Waals surface area (Å²) in [7, 11) is -3.42. The number of rotatable bonds is 5. The molecule has 40 heavy (non-hydrogen) atoms. The zero-order chi connectivity index (χ0) is 28.7. The van der Waals surface area contributed by atoms with Gasteiger partial charge in [-0.15, -0.1) is 0 Å². The number of benzene rings is 2. The van der Waals surface area contributed by atoms with Crippen molar-refractivity contribution in [1.29, 1.82) is 0 Å². The van der Waals surface area contributed by atoms with E-state index in [0.29, 0.717) is 24.4 Å². The van der Waals surface area contributed by atoms with Gasteiger partial charge in [0, 0.05) is 18.2 Å². The summed E-state index contributed by atoms with van der Waals surface area (Å²) in [5, 5.41) is 12.3. The molecule has 2 N–H and O–H groups in total. The highest BCUT2D eigenvalue weighted by atomic mass is 32.2. The standard InChI is InChI=1S/C30H38N4O5S/c1-20(2)40(38,39)24-15-13-22(14-16-24)25-11-7-8-12-26(25)34-28(35)32-27(31-23-9-5-4-6-10-23)30(34)17-18-33(29(36)37)21(3)19-30/h7-8,11-16,20-21,23H,4-6,9-10,17-19H2,1-3H3,(H,36,37)(H,31,32,35)/t21-,30+/m0/s1. The number of anilines is 1. The first-order valence-corrected chi connectivity index (χ1v) is 15.7. The Kier molecular flexibility index (Phi) is 7.65. The van der Waals surface area contributed by atoms with Crippen LogP contribution >= 0.6 is 0 Å². The third-order valence-corrected chi connectivity index (χ3v) is 10.8. The molecule has 2 aromatic carbocycles. The average Bonchev–Trinajstić information content (AvgIpc) is 3.18. The second-order valence-corrected chi connectivity index (χ2v) is 14.0. The van der Waals surface area contributed by atoms with Gasteiger partial charge in [0.1, 0.15) is 11.4 Å². The highest BCUT2D eigenvalue weighted by Crippen LogP contribution is 2.44. The number of nitrogens with one attached hydrogen (secondary N) is 1. The maximum atomic E-state index is 13.8. The van der Waals surface area contributed by atoms with E-state index in [1.54, 1.807) is 43.0 Å². The lowest BCUT2D eigenvalue weighted by molar-refractivity contribution is 0.100. The number of nitrogens with zero attached hydrogens (tertiary/aromatic N) is 3. The summed E-state index contributed by atoms with van der Waals surface area (Å²) in [4.78, 5) is 34.3. The Bertz CT molecular complexity index is 1420. The van der Waals surface area contributed by atoms with Gasteiger partial charge in [-0.3, -0.25) is 15.2 Å². The van der Waals surface area contributed by atoms with E-state index in [4.69, 9.17) is 4.99 Å². The summed E-state index contributed by atoms with van der Waals surface area (Å²) in [5.41, 5.74) is 1.45. The first-order chi connectivity index (χ1) is 19.0. The van der Waals surface area contributed by atoms with Crippen molar-refractivity contribution in [3.05, 3.63) is 48.5 Å². The molecule has 1 aliphatic carbocycles. The number of piperidine rings is 1. The second-order valence-electron chi connectivity index (χ2n) is 11.5. The van der Waals surface area contributed by atoms with Gasteiger partial charge >= 0.3 is 12.1 Å². The van der Waals surface area contributed by atoms with Crippen LogP contribution in [0.4, 0.5) is 15.3 Å². The lowest BCUT2D eigenvalue weighted by Crippen LogP contribution is -2.60. The van der Waals surface area contributed by atoms with Crippen LogP contribution in [-0.2, 0) is 9.84 Å². The molecule has 0 unspecified atom stereocenters. The van der Waals surface area contributed by atoms with Crippen LogP contribution in [0.25, 0.3) is 11.1 Å². The number of aliphatic imine (C=N–C) groups is 1. The molecule has 3 fully saturated rings. The highest BCUT2D eigenvalue weighted by Gasteiger charge is 2.55. The number of para-hydroxylation sites is 1. The number of hydrogen-bond acceptors (Lipinski definition) is 5. The smallest absolute Gasteiger partial charge is 0.407 e. The third kappa shape index (κ3) is 4.98. The molecule has 9 nitrogen and oxygen atoms in total. The van der Waals surface area contributed by atoms with Crippen molar-refractivity contribution >= 4 is 33.5 Å². The molecule has 0 bridgehead atoms. The number of likely N-dealkylation sites (tertiary alicyclic amines) is 1. The first-order valence-electron chi connectivity index (χ1n) is 14.2. The van der Waals surface area contributed by atoms with E-state index in [1.807, 2.05) is 31.2 Å². The number of urea groups is 1. The van der Waals surface area contributed by atoms with Gasteiger partial charge < -0.3 is 10.0 Å². The Labute approximate surface area is 236 Å². The average molecular weight is 567 g/mol. The van der Waals surface area contributed by atoms with E-state index < -0.39 is 26.7 Å². The maximum Gasteiger partial charge on any atom is 0.407 e. The molecule has 214 valence electrons. The Morgan fingerprint density at radius 3 is 2.38 bits per heavy atom. The van der Waals surface area contributed by atoms with Crippen molar-refractivity contribution < 1.29 is 23.1 Å². The number of carbonyl (C=O) groups excluding carboxylic acids is 1. The number of carbonyl (C=O) groups is 2. The molecule has 2 aromatic rings. The monoisotopic (exact) mass is 566 g/mol. The maximum absolute atomic E-state index is 13.8. The molecule has 0 aromatic heterocycles. The predicted octanol–water partition coefficient (Wildman–Crippen LogP) is 5.70. The third-order valence-electron chi connectivity index (χ3n) is 8.62. The van der Waals surface area contributed by atoms with E-state index >= 15 is 0 Å². The molecule has 2 atom stereocenters. The molecule has 3 aliphatic rings. The Balaban J connectivity index is 1.59. The van der Waals surface area contributed by atoms with Crippen LogP contribution in [0.2, 0.25) is 0 Å².